The zero-order valence-corrected chi connectivity index (χ0v) is 17.0. The third-order valence-corrected chi connectivity index (χ3v) is 6.61. The number of pyridine rings is 2. The van der Waals surface area contributed by atoms with Gasteiger partial charge in [-0.2, -0.15) is 9.80 Å². The Morgan fingerprint density at radius 1 is 0.906 bits per heavy atom. The highest BCUT2D eigenvalue weighted by Gasteiger charge is 2.75. The number of para-hydroxylation sites is 1. The number of nitro groups is 1. The maximum atomic E-state index is 13.7. The number of carbonyl (C=O) groups excluding carboxylic acids is 2. The molecular weight excluding hydrogens is 410 g/mol. The number of hydrogen-bond acceptors (Lipinski definition) is 4. The zero-order chi connectivity index (χ0) is 22.0. The second-order valence-electron chi connectivity index (χ2n) is 8.18. The molecule has 3 aromatic rings. The molecule has 0 saturated carbocycles. The molecule has 2 amide bonds. The van der Waals surface area contributed by atoms with Crippen LogP contribution in [0, 0.1) is 10.1 Å². The molecule has 3 aliphatic heterocycles. The van der Waals surface area contributed by atoms with Gasteiger partial charge < -0.3 is 0 Å². The first-order valence-corrected chi connectivity index (χ1v) is 10.4. The minimum Gasteiger partial charge on any atom is -0.274 e. The molecule has 2 atom stereocenters. The second kappa shape index (κ2) is 6.43. The quantitative estimate of drug-likeness (QED) is 0.347. The van der Waals surface area contributed by atoms with Crippen LogP contribution in [0.1, 0.15) is 29.4 Å². The summed E-state index contributed by atoms with van der Waals surface area (Å²) in [7, 11) is 0. The summed E-state index contributed by atoms with van der Waals surface area (Å²) in [5, 5.41) is 11.8. The number of aromatic nitrogens is 2. The molecule has 9 heteroatoms. The van der Waals surface area contributed by atoms with Crippen molar-refractivity contribution in [1.29, 1.82) is 0 Å². The van der Waals surface area contributed by atoms with Crippen LogP contribution in [-0.4, -0.2) is 26.5 Å². The molecule has 2 unspecified atom stereocenters. The Morgan fingerprint density at radius 3 is 2.31 bits per heavy atom. The smallest absolute Gasteiger partial charge is 0.274 e. The van der Waals surface area contributed by atoms with Crippen molar-refractivity contribution >= 4 is 17.5 Å². The van der Waals surface area contributed by atoms with E-state index in [1.807, 2.05) is 57.9 Å². The first-order chi connectivity index (χ1) is 15.5. The summed E-state index contributed by atoms with van der Waals surface area (Å²) in [5.74, 6) is -1.61. The molecule has 9 nitrogen and oxygen atoms in total. The number of amides is 2. The summed E-state index contributed by atoms with van der Waals surface area (Å²) in [5.41, 5.74) is 1.93. The van der Waals surface area contributed by atoms with Gasteiger partial charge in [0.2, 0.25) is 23.2 Å². The minimum absolute atomic E-state index is 0.0182. The third-order valence-electron chi connectivity index (χ3n) is 6.61. The van der Waals surface area contributed by atoms with Gasteiger partial charge in [-0.1, -0.05) is 39.5 Å². The van der Waals surface area contributed by atoms with E-state index in [9.17, 15) is 19.7 Å². The van der Waals surface area contributed by atoms with E-state index in [4.69, 9.17) is 0 Å². The molecule has 32 heavy (non-hydrogen) atoms. The summed E-state index contributed by atoms with van der Waals surface area (Å²) < 4.78 is 3.89. The van der Waals surface area contributed by atoms with E-state index >= 15 is 0 Å². The van der Waals surface area contributed by atoms with Crippen molar-refractivity contribution in [3.05, 3.63) is 100 Å². The SMILES string of the molecule is O=C1CC(c2ccccc2[N+](=O)[O-])N2C(=O)Cc3cccc[n+]3C23N1Cc1cccc[n+]13. The van der Waals surface area contributed by atoms with Crippen molar-refractivity contribution in [2.24, 2.45) is 0 Å². The number of carbonyl (C=O) groups is 2. The van der Waals surface area contributed by atoms with Crippen LogP contribution in [0.5, 0.6) is 0 Å². The second-order valence-corrected chi connectivity index (χ2v) is 8.18. The van der Waals surface area contributed by atoms with Crippen LogP contribution in [0.3, 0.4) is 0 Å². The number of nitrogens with zero attached hydrogens (tertiary/aromatic N) is 5. The van der Waals surface area contributed by atoms with E-state index in [0.29, 0.717) is 12.1 Å². The first-order valence-electron chi connectivity index (χ1n) is 10.4. The Morgan fingerprint density at radius 2 is 1.56 bits per heavy atom. The number of nitro benzene ring substituents is 1. The molecular formula is C23H19N5O4+2. The van der Waals surface area contributed by atoms with E-state index in [0.717, 1.165) is 11.4 Å². The molecule has 1 aromatic carbocycles. The zero-order valence-electron chi connectivity index (χ0n) is 17.0. The molecule has 5 heterocycles. The van der Waals surface area contributed by atoms with Crippen molar-refractivity contribution < 1.29 is 23.6 Å². The summed E-state index contributed by atoms with van der Waals surface area (Å²) in [6.45, 7) is 0.342. The van der Waals surface area contributed by atoms with E-state index in [2.05, 4.69) is 0 Å². The van der Waals surface area contributed by atoms with Gasteiger partial charge in [0, 0.05) is 30.3 Å². The van der Waals surface area contributed by atoms with Crippen molar-refractivity contribution in [3.8, 4) is 0 Å². The van der Waals surface area contributed by atoms with Crippen molar-refractivity contribution in [2.75, 3.05) is 0 Å². The largest absolute Gasteiger partial charge is 0.549 e. The number of benzene rings is 1. The molecule has 6 rings (SSSR count). The maximum absolute atomic E-state index is 13.7. The summed E-state index contributed by atoms with van der Waals surface area (Å²) >= 11 is 0. The number of rotatable bonds is 2. The predicted octanol–water partition coefficient (Wildman–Crippen LogP) is 1.16. The van der Waals surface area contributed by atoms with Crippen LogP contribution in [0.15, 0.2) is 73.1 Å². The first kappa shape index (κ1) is 18.6. The fraction of sp³-hybridized carbons (Fsp3) is 0.217. The Labute approximate surface area is 182 Å². The van der Waals surface area contributed by atoms with Gasteiger partial charge in [-0.25, -0.2) is 0 Å². The van der Waals surface area contributed by atoms with Gasteiger partial charge >= 0.3 is 5.91 Å². The highest BCUT2D eigenvalue weighted by atomic mass is 16.6. The van der Waals surface area contributed by atoms with Gasteiger partial charge in [-0.05, 0) is 0 Å². The van der Waals surface area contributed by atoms with Crippen LogP contribution in [0.25, 0.3) is 0 Å². The molecule has 0 aliphatic carbocycles. The monoisotopic (exact) mass is 429 g/mol. The van der Waals surface area contributed by atoms with E-state index in [-0.39, 0.29) is 30.3 Å². The number of hydrogen-bond donors (Lipinski definition) is 0. The lowest BCUT2D eigenvalue weighted by Gasteiger charge is -2.45. The average Bonchev–Trinajstić information content (AvgIpc) is 3.15. The van der Waals surface area contributed by atoms with E-state index < -0.39 is 16.9 Å². The molecule has 3 aliphatic rings. The summed E-state index contributed by atoms with van der Waals surface area (Å²) in [4.78, 5) is 42.0. The molecule has 1 spiro atoms. The minimum atomic E-state index is -1.27. The number of fused-ring (bicyclic) bond motifs is 2. The Hall–Kier alpha value is -4.14. The van der Waals surface area contributed by atoms with Gasteiger partial charge in [0.05, 0.1) is 22.9 Å². The molecule has 0 bridgehead atoms. The normalized spacial score (nSPS) is 23.3. The average molecular weight is 429 g/mol. The predicted molar refractivity (Wildman–Crippen MR) is 108 cm³/mol. The van der Waals surface area contributed by atoms with Crippen LogP contribution >= 0.6 is 0 Å². The highest BCUT2D eigenvalue weighted by molar-refractivity contribution is 5.85. The highest BCUT2D eigenvalue weighted by Crippen LogP contribution is 2.44. The topological polar surface area (TPSA) is 91.5 Å². The van der Waals surface area contributed by atoms with Crippen molar-refractivity contribution in [3.63, 3.8) is 0 Å². The van der Waals surface area contributed by atoms with Crippen molar-refractivity contribution in [1.82, 2.24) is 9.80 Å². The Kier molecular flexibility index (Phi) is 3.74. The lowest BCUT2D eigenvalue weighted by Crippen LogP contribution is -2.89. The molecule has 158 valence electrons. The fourth-order valence-electron chi connectivity index (χ4n) is 5.42. The lowest BCUT2D eigenvalue weighted by molar-refractivity contribution is -1.03. The Bertz CT molecular complexity index is 1320. The van der Waals surface area contributed by atoms with Gasteiger partial charge in [0.1, 0.15) is 13.0 Å². The van der Waals surface area contributed by atoms with Crippen LogP contribution in [0.4, 0.5) is 5.69 Å². The van der Waals surface area contributed by atoms with Gasteiger partial charge in [0.25, 0.3) is 5.69 Å². The van der Waals surface area contributed by atoms with Crippen molar-refractivity contribution in [2.45, 2.75) is 31.3 Å². The summed E-state index contributed by atoms with van der Waals surface area (Å²) in [6, 6.07) is 16.9. The van der Waals surface area contributed by atoms with Gasteiger partial charge in [-0.15, -0.1) is 0 Å². The van der Waals surface area contributed by atoms with Crippen LogP contribution < -0.4 is 9.13 Å². The van der Waals surface area contributed by atoms with Gasteiger partial charge in [0.15, 0.2) is 12.4 Å². The Balaban J connectivity index is 1.69. The van der Waals surface area contributed by atoms with E-state index in [1.165, 1.54) is 6.07 Å². The van der Waals surface area contributed by atoms with Crippen LogP contribution in [0.2, 0.25) is 0 Å². The molecule has 0 radical (unpaired) electrons. The van der Waals surface area contributed by atoms with E-state index in [1.54, 1.807) is 28.0 Å². The van der Waals surface area contributed by atoms with Crippen LogP contribution in [-0.2, 0) is 28.5 Å². The molecule has 0 N–H and O–H groups in total. The molecule has 1 saturated heterocycles. The standard InChI is InChI=1S/C23H19N5O4/c29-21-14-20(18-9-1-2-10-19(18)28(31)32)27-22(30)13-16-7-3-5-11-24(16)23(27)25-12-6-4-8-17(25)15-26(21)23/h1-12,20H,13-15H2/q+2. The maximum Gasteiger partial charge on any atom is 0.549 e. The molecule has 1 fully saturated rings. The molecule has 2 aromatic heterocycles. The lowest BCUT2D eigenvalue weighted by atomic mass is 9.94. The fourth-order valence-corrected chi connectivity index (χ4v) is 5.42. The third kappa shape index (κ3) is 2.22. The summed E-state index contributed by atoms with van der Waals surface area (Å²) in [6.07, 6.45) is 3.85. The van der Waals surface area contributed by atoms with Gasteiger partial charge in [-0.3, -0.25) is 19.7 Å².